The van der Waals surface area contributed by atoms with Crippen LogP contribution in [-0.2, 0) is 6.42 Å². The van der Waals surface area contributed by atoms with Gasteiger partial charge in [-0.2, -0.15) is 0 Å². The van der Waals surface area contributed by atoms with E-state index in [1.54, 1.807) is 0 Å². The Labute approximate surface area is 111 Å². The number of nitrogens with zero attached hydrogens (tertiary/aromatic N) is 1. The summed E-state index contributed by atoms with van der Waals surface area (Å²) in [4.78, 5) is 2.46. The fourth-order valence-electron chi connectivity index (χ4n) is 2.89. The van der Waals surface area contributed by atoms with Gasteiger partial charge in [-0.3, -0.25) is 0 Å². The molecule has 1 aliphatic rings. The highest BCUT2D eigenvalue weighted by atomic mass is 16.3. The summed E-state index contributed by atoms with van der Waals surface area (Å²) >= 11 is 0. The van der Waals surface area contributed by atoms with Gasteiger partial charge in [-0.1, -0.05) is 36.8 Å². The second-order valence-electron chi connectivity index (χ2n) is 5.73. The van der Waals surface area contributed by atoms with Gasteiger partial charge in [0.1, 0.15) is 0 Å². The summed E-state index contributed by atoms with van der Waals surface area (Å²) < 4.78 is 0. The quantitative estimate of drug-likeness (QED) is 0.884. The predicted octanol–water partition coefficient (Wildman–Crippen LogP) is 2.77. The summed E-state index contributed by atoms with van der Waals surface area (Å²) in [5.74, 6) is 0. The van der Waals surface area contributed by atoms with Gasteiger partial charge in [0.25, 0.3) is 0 Å². The van der Waals surface area contributed by atoms with Crippen LogP contribution in [0.4, 0.5) is 0 Å². The lowest BCUT2D eigenvalue weighted by Gasteiger charge is -2.38. The Morgan fingerprint density at radius 3 is 2.61 bits per heavy atom. The number of rotatable bonds is 4. The van der Waals surface area contributed by atoms with Gasteiger partial charge in [-0.15, -0.1) is 0 Å². The van der Waals surface area contributed by atoms with E-state index >= 15 is 0 Å². The molecule has 100 valence electrons. The number of hydrogen-bond acceptors (Lipinski definition) is 2. The molecule has 1 fully saturated rings. The number of piperidine rings is 1. The Balaban J connectivity index is 1.93. The van der Waals surface area contributed by atoms with Crippen LogP contribution in [0.15, 0.2) is 24.3 Å². The summed E-state index contributed by atoms with van der Waals surface area (Å²) in [6.07, 6.45) is 3.81. The Kier molecular flexibility index (Phi) is 4.41. The second kappa shape index (κ2) is 5.85. The molecular formula is C16H25NO. The highest BCUT2D eigenvalue weighted by Gasteiger charge is 2.31. The second-order valence-corrected chi connectivity index (χ2v) is 5.73. The number of likely N-dealkylation sites (tertiary alicyclic amines) is 1. The minimum absolute atomic E-state index is 0.488. The first-order valence-electron chi connectivity index (χ1n) is 7.11. The van der Waals surface area contributed by atoms with Crippen molar-refractivity contribution < 1.29 is 5.11 Å². The van der Waals surface area contributed by atoms with Crippen LogP contribution in [0.3, 0.4) is 0 Å². The SMILES string of the molecule is CCCN1CCC(O)(Cc2cccc(C)c2)CC1. The maximum Gasteiger partial charge on any atom is 0.0712 e. The third-order valence-electron chi connectivity index (χ3n) is 3.94. The van der Waals surface area contributed by atoms with Crippen LogP contribution in [0.2, 0.25) is 0 Å². The molecule has 18 heavy (non-hydrogen) atoms. The average Bonchev–Trinajstić information content (AvgIpc) is 2.32. The Hall–Kier alpha value is -0.860. The Morgan fingerprint density at radius 2 is 2.00 bits per heavy atom. The van der Waals surface area contributed by atoms with Crippen LogP contribution >= 0.6 is 0 Å². The molecule has 0 saturated carbocycles. The van der Waals surface area contributed by atoms with Gasteiger partial charge in [-0.25, -0.2) is 0 Å². The summed E-state index contributed by atoms with van der Waals surface area (Å²) in [6, 6.07) is 8.51. The molecule has 2 heteroatoms. The van der Waals surface area contributed by atoms with E-state index in [9.17, 15) is 5.11 Å². The van der Waals surface area contributed by atoms with Crippen molar-refractivity contribution in [2.75, 3.05) is 19.6 Å². The maximum atomic E-state index is 10.7. The molecule has 0 aliphatic carbocycles. The number of benzene rings is 1. The van der Waals surface area contributed by atoms with Crippen LogP contribution in [0.1, 0.15) is 37.3 Å². The standard InChI is InChI=1S/C16H25NO/c1-3-9-17-10-7-16(18,8-11-17)13-15-6-4-5-14(2)12-15/h4-6,12,18H,3,7-11,13H2,1-2H3. The molecule has 0 spiro atoms. The van der Waals surface area contributed by atoms with Gasteiger partial charge in [0.15, 0.2) is 0 Å². The zero-order valence-electron chi connectivity index (χ0n) is 11.7. The molecule has 0 aromatic heterocycles. The van der Waals surface area contributed by atoms with Gasteiger partial charge < -0.3 is 10.0 Å². The normalized spacial score (nSPS) is 19.9. The number of aliphatic hydroxyl groups is 1. The highest BCUT2D eigenvalue weighted by Crippen LogP contribution is 2.26. The maximum absolute atomic E-state index is 10.7. The minimum atomic E-state index is -0.488. The van der Waals surface area contributed by atoms with Gasteiger partial charge in [0.2, 0.25) is 0 Å². The molecule has 0 bridgehead atoms. The van der Waals surface area contributed by atoms with Crippen molar-refractivity contribution in [3.05, 3.63) is 35.4 Å². The molecule has 1 N–H and O–H groups in total. The molecule has 2 nitrogen and oxygen atoms in total. The molecule has 0 unspecified atom stereocenters. The number of hydrogen-bond donors (Lipinski definition) is 1. The van der Waals surface area contributed by atoms with Gasteiger partial charge in [0.05, 0.1) is 5.60 Å². The zero-order chi connectivity index (χ0) is 13.0. The van der Waals surface area contributed by atoms with Crippen molar-refractivity contribution in [2.24, 2.45) is 0 Å². The Morgan fingerprint density at radius 1 is 1.28 bits per heavy atom. The first-order chi connectivity index (χ1) is 8.61. The van der Waals surface area contributed by atoms with E-state index in [1.807, 2.05) is 0 Å². The summed E-state index contributed by atoms with van der Waals surface area (Å²) in [5.41, 5.74) is 2.05. The molecule has 0 radical (unpaired) electrons. The molecule has 0 amide bonds. The van der Waals surface area contributed by atoms with Gasteiger partial charge in [0, 0.05) is 19.5 Å². The monoisotopic (exact) mass is 247 g/mol. The molecule has 1 heterocycles. The van der Waals surface area contributed by atoms with E-state index in [0.29, 0.717) is 0 Å². The largest absolute Gasteiger partial charge is 0.389 e. The van der Waals surface area contributed by atoms with Gasteiger partial charge >= 0.3 is 0 Å². The summed E-state index contributed by atoms with van der Waals surface area (Å²) in [6.45, 7) is 7.57. The molecule has 1 aromatic rings. The lowest BCUT2D eigenvalue weighted by molar-refractivity contribution is -0.0205. The van der Waals surface area contributed by atoms with E-state index in [1.165, 1.54) is 24.1 Å². The molecule has 1 aliphatic heterocycles. The predicted molar refractivity (Wildman–Crippen MR) is 75.8 cm³/mol. The van der Waals surface area contributed by atoms with Crippen molar-refractivity contribution in [3.63, 3.8) is 0 Å². The first-order valence-corrected chi connectivity index (χ1v) is 7.11. The smallest absolute Gasteiger partial charge is 0.0712 e. The fraction of sp³-hybridized carbons (Fsp3) is 0.625. The molecule has 2 rings (SSSR count). The number of aryl methyl sites for hydroxylation is 1. The lowest BCUT2D eigenvalue weighted by atomic mass is 9.85. The zero-order valence-corrected chi connectivity index (χ0v) is 11.7. The third kappa shape index (κ3) is 3.56. The summed E-state index contributed by atoms with van der Waals surface area (Å²) in [5, 5.41) is 10.7. The van der Waals surface area contributed by atoms with Crippen LogP contribution in [0.25, 0.3) is 0 Å². The van der Waals surface area contributed by atoms with E-state index in [0.717, 1.165) is 32.4 Å². The van der Waals surface area contributed by atoms with E-state index in [2.05, 4.69) is 43.0 Å². The molecular weight excluding hydrogens is 222 g/mol. The molecule has 1 aromatic carbocycles. The van der Waals surface area contributed by atoms with Gasteiger partial charge in [-0.05, 0) is 38.3 Å². The first kappa shape index (κ1) is 13.6. The minimum Gasteiger partial charge on any atom is -0.389 e. The van der Waals surface area contributed by atoms with Crippen LogP contribution in [-0.4, -0.2) is 35.2 Å². The van der Waals surface area contributed by atoms with Crippen molar-refractivity contribution in [2.45, 2.75) is 45.1 Å². The van der Waals surface area contributed by atoms with E-state index in [-0.39, 0.29) is 0 Å². The van der Waals surface area contributed by atoms with E-state index < -0.39 is 5.60 Å². The van der Waals surface area contributed by atoms with Crippen LogP contribution in [0, 0.1) is 6.92 Å². The summed E-state index contributed by atoms with van der Waals surface area (Å²) in [7, 11) is 0. The van der Waals surface area contributed by atoms with Crippen LogP contribution < -0.4 is 0 Å². The lowest BCUT2D eigenvalue weighted by Crippen LogP contribution is -2.45. The van der Waals surface area contributed by atoms with Crippen molar-refractivity contribution in [3.8, 4) is 0 Å². The van der Waals surface area contributed by atoms with E-state index in [4.69, 9.17) is 0 Å². The molecule has 0 atom stereocenters. The van der Waals surface area contributed by atoms with Crippen LogP contribution in [0.5, 0.6) is 0 Å². The van der Waals surface area contributed by atoms with Crippen molar-refractivity contribution in [1.29, 1.82) is 0 Å². The topological polar surface area (TPSA) is 23.5 Å². The third-order valence-corrected chi connectivity index (χ3v) is 3.94. The average molecular weight is 247 g/mol. The molecule has 1 saturated heterocycles. The highest BCUT2D eigenvalue weighted by molar-refractivity contribution is 5.23. The fourth-order valence-corrected chi connectivity index (χ4v) is 2.89. The van der Waals surface area contributed by atoms with Crippen molar-refractivity contribution >= 4 is 0 Å². The Bertz CT molecular complexity index is 380. The van der Waals surface area contributed by atoms with Crippen molar-refractivity contribution in [1.82, 2.24) is 4.90 Å².